The van der Waals surface area contributed by atoms with E-state index in [1.807, 2.05) is 0 Å². The molecule has 0 fully saturated rings. The third kappa shape index (κ3) is 3.09. The number of nitrogens with one attached hydrogen (secondary N) is 1. The first kappa shape index (κ1) is 11.2. The molecule has 4 nitrogen and oxygen atoms in total. The van der Waals surface area contributed by atoms with Crippen molar-refractivity contribution in [2.75, 3.05) is 5.32 Å². The van der Waals surface area contributed by atoms with E-state index in [1.165, 1.54) is 0 Å². The smallest absolute Gasteiger partial charge is 0.224 e. The number of oxime groups is 1. The van der Waals surface area contributed by atoms with Gasteiger partial charge in [0.1, 0.15) is 0 Å². The zero-order valence-electron chi connectivity index (χ0n) is 8.82. The fourth-order valence-corrected chi connectivity index (χ4v) is 1.10. The van der Waals surface area contributed by atoms with E-state index >= 15 is 0 Å². The van der Waals surface area contributed by atoms with Crippen molar-refractivity contribution in [1.29, 1.82) is 0 Å². The maximum atomic E-state index is 11.1. The summed E-state index contributed by atoms with van der Waals surface area (Å²) in [5.41, 5.74) is 2.12. The van der Waals surface area contributed by atoms with Crippen molar-refractivity contribution in [3.05, 3.63) is 29.8 Å². The minimum Gasteiger partial charge on any atom is -0.411 e. The first-order chi connectivity index (χ1) is 7.17. The number of hydrogen-bond acceptors (Lipinski definition) is 3. The summed E-state index contributed by atoms with van der Waals surface area (Å²) in [6.45, 7) is 3.51. The van der Waals surface area contributed by atoms with Crippen LogP contribution in [0.15, 0.2) is 29.4 Å². The van der Waals surface area contributed by atoms with Crippen molar-refractivity contribution in [3.8, 4) is 0 Å². The van der Waals surface area contributed by atoms with E-state index < -0.39 is 0 Å². The Kier molecular flexibility index (Phi) is 3.85. The van der Waals surface area contributed by atoms with E-state index in [2.05, 4.69) is 10.5 Å². The van der Waals surface area contributed by atoms with Crippen LogP contribution in [0.2, 0.25) is 0 Å². The van der Waals surface area contributed by atoms with Gasteiger partial charge in [-0.25, -0.2) is 0 Å². The lowest BCUT2D eigenvalue weighted by atomic mass is 10.1. The van der Waals surface area contributed by atoms with Crippen LogP contribution in [0.5, 0.6) is 0 Å². The topological polar surface area (TPSA) is 61.7 Å². The monoisotopic (exact) mass is 206 g/mol. The average molecular weight is 206 g/mol. The molecule has 0 saturated carbocycles. The molecule has 15 heavy (non-hydrogen) atoms. The lowest BCUT2D eigenvalue weighted by Gasteiger charge is -2.04. The van der Waals surface area contributed by atoms with E-state index in [0.717, 1.165) is 11.3 Å². The highest BCUT2D eigenvalue weighted by molar-refractivity contribution is 5.99. The fourth-order valence-electron chi connectivity index (χ4n) is 1.10. The lowest BCUT2D eigenvalue weighted by Crippen LogP contribution is -2.09. The van der Waals surface area contributed by atoms with E-state index in [9.17, 15) is 4.79 Å². The van der Waals surface area contributed by atoms with Gasteiger partial charge in [-0.1, -0.05) is 24.2 Å². The first-order valence-corrected chi connectivity index (χ1v) is 4.76. The number of hydrogen-bond donors (Lipinski definition) is 2. The van der Waals surface area contributed by atoms with Gasteiger partial charge < -0.3 is 10.5 Å². The van der Waals surface area contributed by atoms with Gasteiger partial charge in [-0.3, -0.25) is 4.79 Å². The molecule has 2 N–H and O–H groups in total. The van der Waals surface area contributed by atoms with Crippen molar-refractivity contribution < 1.29 is 10.0 Å². The molecule has 0 atom stereocenters. The van der Waals surface area contributed by atoms with Crippen molar-refractivity contribution in [2.45, 2.75) is 20.3 Å². The van der Waals surface area contributed by atoms with Crippen LogP contribution in [0.1, 0.15) is 25.8 Å². The Labute approximate surface area is 88.6 Å². The predicted octanol–water partition coefficient (Wildman–Crippen LogP) is 2.23. The maximum Gasteiger partial charge on any atom is 0.224 e. The molecule has 0 bridgehead atoms. The molecule has 0 saturated heterocycles. The largest absolute Gasteiger partial charge is 0.411 e. The zero-order chi connectivity index (χ0) is 11.3. The van der Waals surface area contributed by atoms with E-state index in [1.54, 1.807) is 38.1 Å². The first-order valence-electron chi connectivity index (χ1n) is 4.76. The normalized spacial score (nSPS) is 11.2. The van der Waals surface area contributed by atoms with Crippen LogP contribution < -0.4 is 5.32 Å². The fraction of sp³-hybridized carbons (Fsp3) is 0.273. The number of anilines is 1. The van der Waals surface area contributed by atoms with Crippen LogP contribution in [0.3, 0.4) is 0 Å². The van der Waals surface area contributed by atoms with E-state index in [-0.39, 0.29) is 5.91 Å². The molecule has 1 amide bonds. The Morgan fingerprint density at radius 3 is 2.47 bits per heavy atom. The van der Waals surface area contributed by atoms with Crippen LogP contribution in [-0.2, 0) is 4.79 Å². The number of carbonyl (C=O) groups is 1. The van der Waals surface area contributed by atoms with Gasteiger partial charge in [0.15, 0.2) is 0 Å². The summed E-state index contributed by atoms with van der Waals surface area (Å²) >= 11 is 0. The standard InChI is InChI=1S/C11H14N2O2/c1-3-11(14)12-10-6-4-9(5-7-10)8(2)13-15/h4-7,15H,3H2,1-2H3,(H,12,14)/b13-8+. The molecule has 80 valence electrons. The molecular weight excluding hydrogens is 192 g/mol. The molecule has 0 aromatic heterocycles. The van der Waals surface area contributed by atoms with Gasteiger partial charge >= 0.3 is 0 Å². The summed E-state index contributed by atoms with van der Waals surface area (Å²) in [7, 11) is 0. The maximum absolute atomic E-state index is 11.1. The van der Waals surface area contributed by atoms with Crippen molar-refractivity contribution in [3.63, 3.8) is 0 Å². The molecule has 0 heterocycles. The number of nitrogens with zero attached hydrogens (tertiary/aromatic N) is 1. The third-order valence-electron chi connectivity index (χ3n) is 2.06. The Bertz CT molecular complexity index is 369. The van der Waals surface area contributed by atoms with Gasteiger partial charge in [0.2, 0.25) is 5.91 Å². The highest BCUT2D eigenvalue weighted by Gasteiger charge is 2.00. The quantitative estimate of drug-likeness (QED) is 0.452. The summed E-state index contributed by atoms with van der Waals surface area (Å²) < 4.78 is 0. The van der Waals surface area contributed by atoms with Gasteiger partial charge in [-0.2, -0.15) is 0 Å². The number of carbonyl (C=O) groups excluding carboxylic acids is 1. The Morgan fingerprint density at radius 1 is 1.40 bits per heavy atom. The van der Waals surface area contributed by atoms with Crippen LogP contribution in [0.25, 0.3) is 0 Å². The van der Waals surface area contributed by atoms with Gasteiger partial charge in [0, 0.05) is 12.1 Å². The van der Waals surface area contributed by atoms with E-state index in [4.69, 9.17) is 5.21 Å². The summed E-state index contributed by atoms with van der Waals surface area (Å²) in [6.07, 6.45) is 0.457. The molecule has 4 heteroatoms. The predicted molar refractivity (Wildman–Crippen MR) is 59.4 cm³/mol. The highest BCUT2D eigenvalue weighted by Crippen LogP contribution is 2.10. The minimum absolute atomic E-state index is 0.0182. The molecule has 0 radical (unpaired) electrons. The third-order valence-corrected chi connectivity index (χ3v) is 2.06. The van der Waals surface area contributed by atoms with Gasteiger partial charge in [-0.05, 0) is 24.6 Å². The Morgan fingerprint density at radius 2 is 2.00 bits per heavy atom. The second-order valence-electron chi connectivity index (χ2n) is 3.16. The molecule has 1 aromatic rings. The van der Waals surface area contributed by atoms with Crippen LogP contribution >= 0.6 is 0 Å². The lowest BCUT2D eigenvalue weighted by molar-refractivity contribution is -0.115. The van der Waals surface area contributed by atoms with Crippen LogP contribution in [-0.4, -0.2) is 16.8 Å². The number of rotatable bonds is 3. The molecule has 0 spiro atoms. The Balaban J connectivity index is 2.77. The molecule has 1 aromatic carbocycles. The van der Waals surface area contributed by atoms with Gasteiger partial charge in [0.05, 0.1) is 5.71 Å². The van der Waals surface area contributed by atoms with Crippen LogP contribution in [0, 0.1) is 0 Å². The zero-order valence-corrected chi connectivity index (χ0v) is 8.82. The van der Waals surface area contributed by atoms with Crippen molar-refractivity contribution >= 4 is 17.3 Å². The molecule has 0 aliphatic rings. The molecule has 0 unspecified atom stereocenters. The van der Waals surface area contributed by atoms with Crippen molar-refractivity contribution in [1.82, 2.24) is 0 Å². The average Bonchev–Trinajstić information content (AvgIpc) is 2.29. The summed E-state index contributed by atoms with van der Waals surface area (Å²) in [5.74, 6) is -0.0182. The number of amides is 1. The second-order valence-corrected chi connectivity index (χ2v) is 3.16. The molecule has 0 aliphatic carbocycles. The SMILES string of the molecule is CCC(=O)Nc1ccc(/C(C)=N/O)cc1. The van der Waals surface area contributed by atoms with E-state index in [0.29, 0.717) is 12.1 Å². The van der Waals surface area contributed by atoms with Gasteiger partial charge in [-0.15, -0.1) is 0 Å². The second kappa shape index (κ2) is 5.14. The molecule has 0 aliphatic heterocycles. The highest BCUT2D eigenvalue weighted by atomic mass is 16.4. The van der Waals surface area contributed by atoms with Gasteiger partial charge in [0.25, 0.3) is 0 Å². The minimum atomic E-state index is -0.0182. The van der Waals surface area contributed by atoms with Crippen molar-refractivity contribution in [2.24, 2.45) is 5.16 Å². The molecular formula is C11H14N2O2. The summed E-state index contributed by atoms with van der Waals surface area (Å²) in [5, 5.41) is 14.4. The van der Waals surface area contributed by atoms with Crippen LogP contribution in [0.4, 0.5) is 5.69 Å². The number of benzene rings is 1. The summed E-state index contributed by atoms with van der Waals surface area (Å²) in [4.78, 5) is 11.1. The molecule has 1 rings (SSSR count). The summed E-state index contributed by atoms with van der Waals surface area (Å²) in [6, 6.07) is 7.13. The Hall–Kier alpha value is -1.84.